The molecule has 3 rings (SSSR count). The van der Waals surface area contributed by atoms with E-state index in [1.165, 1.54) is 19.3 Å². The van der Waals surface area contributed by atoms with Crippen molar-refractivity contribution in [2.24, 2.45) is 0 Å². The number of ether oxygens (including phenoxy) is 1. The molecule has 0 spiro atoms. The van der Waals surface area contributed by atoms with Gasteiger partial charge in [-0.15, -0.1) is 0 Å². The van der Waals surface area contributed by atoms with Crippen LogP contribution in [-0.4, -0.2) is 19.1 Å². The van der Waals surface area contributed by atoms with Gasteiger partial charge in [0.05, 0.1) is 11.3 Å². The summed E-state index contributed by atoms with van der Waals surface area (Å²) in [5.74, 6) is 0.361. The molecule has 1 fully saturated rings. The summed E-state index contributed by atoms with van der Waals surface area (Å²) in [6.07, 6.45) is 3.67. The Hall–Kier alpha value is -2.29. The first-order chi connectivity index (χ1) is 10.7. The molecule has 1 aliphatic rings. The molecule has 114 valence electrons. The van der Waals surface area contributed by atoms with Crippen molar-refractivity contribution in [1.29, 1.82) is 0 Å². The van der Waals surface area contributed by atoms with E-state index in [-0.39, 0.29) is 5.97 Å². The first-order valence-electron chi connectivity index (χ1n) is 7.87. The van der Waals surface area contributed by atoms with Crippen LogP contribution in [0.15, 0.2) is 48.5 Å². The number of hydrogen-bond acceptors (Lipinski definition) is 3. The highest BCUT2D eigenvalue weighted by Gasteiger charge is 2.18. The lowest BCUT2D eigenvalue weighted by Gasteiger charge is -2.30. The molecule has 3 nitrogen and oxygen atoms in total. The molecule has 0 N–H and O–H groups in total. The van der Waals surface area contributed by atoms with Crippen LogP contribution in [-0.2, 0) is 0 Å². The van der Waals surface area contributed by atoms with Gasteiger partial charge in [-0.1, -0.05) is 24.3 Å². The Bertz CT molecular complexity index is 646. The maximum atomic E-state index is 12.3. The zero-order chi connectivity index (χ0) is 15.4. The van der Waals surface area contributed by atoms with Gasteiger partial charge in [0.1, 0.15) is 0 Å². The van der Waals surface area contributed by atoms with Crippen LogP contribution in [0.1, 0.15) is 35.2 Å². The smallest absolute Gasteiger partial charge is 0.343 e. The second-order valence-electron chi connectivity index (χ2n) is 5.77. The van der Waals surface area contributed by atoms with Crippen molar-refractivity contribution < 1.29 is 9.53 Å². The Morgan fingerprint density at radius 1 is 1.00 bits per heavy atom. The van der Waals surface area contributed by atoms with E-state index in [9.17, 15) is 4.79 Å². The molecule has 0 atom stereocenters. The fraction of sp³-hybridized carbons (Fsp3) is 0.316. The third-order valence-electron chi connectivity index (χ3n) is 4.02. The zero-order valence-electron chi connectivity index (χ0n) is 12.9. The molecule has 1 heterocycles. The quantitative estimate of drug-likeness (QED) is 0.627. The molecule has 1 saturated heterocycles. The number of carbonyl (C=O) groups is 1. The Labute approximate surface area is 131 Å². The Morgan fingerprint density at radius 3 is 2.45 bits per heavy atom. The summed E-state index contributed by atoms with van der Waals surface area (Å²) in [5, 5.41) is 0. The fourth-order valence-corrected chi connectivity index (χ4v) is 2.83. The number of benzene rings is 2. The van der Waals surface area contributed by atoms with E-state index in [4.69, 9.17) is 4.74 Å². The molecule has 0 amide bonds. The van der Waals surface area contributed by atoms with Crippen LogP contribution in [0.2, 0.25) is 0 Å². The molecule has 0 aromatic heterocycles. The van der Waals surface area contributed by atoms with E-state index < -0.39 is 0 Å². The van der Waals surface area contributed by atoms with Crippen molar-refractivity contribution in [1.82, 2.24) is 0 Å². The van der Waals surface area contributed by atoms with Gasteiger partial charge < -0.3 is 9.64 Å². The zero-order valence-corrected chi connectivity index (χ0v) is 12.9. The molecule has 1 aliphatic heterocycles. The number of aryl methyl sites for hydroxylation is 1. The highest BCUT2D eigenvalue weighted by molar-refractivity contribution is 5.91. The number of carbonyl (C=O) groups excluding carboxylic acids is 1. The Kier molecular flexibility index (Phi) is 4.42. The SMILES string of the molecule is Cc1ccc(N2CCCCC2)c(OC(=O)c2ccccc2)c1. The number of piperidine rings is 1. The first-order valence-corrected chi connectivity index (χ1v) is 7.87. The number of rotatable bonds is 3. The Morgan fingerprint density at radius 2 is 1.73 bits per heavy atom. The van der Waals surface area contributed by atoms with Crippen LogP contribution >= 0.6 is 0 Å². The van der Waals surface area contributed by atoms with Gasteiger partial charge in [0.15, 0.2) is 5.75 Å². The van der Waals surface area contributed by atoms with Crippen LogP contribution in [0.5, 0.6) is 5.75 Å². The average Bonchev–Trinajstić information content (AvgIpc) is 2.56. The fourth-order valence-electron chi connectivity index (χ4n) is 2.83. The molecule has 0 bridgehead atoms. The molecule has 22 heavy (non-hydrogen) atoms. The van der Waals surface area contributed by atoms with Crippen molar-refractivity contribution in [3.8, 4) is 5.75 Å². The van der Waals surface area contributed by atoms with Crippen molar-refractivity contribution in [2.45, 2.75) is 26.2 Å². The molecular weight excluding hydrogens is 274 g/mol. The van der Waals surface area contributed by atoms with Crippen LogP contribution in [0, 0.1) is 6.92 Å². The number of hydrogen-bond donors (Lipinski definition) is 0. The summed E-state index contributed by atoms with van der Waals surface area (Å²) >= 11 is 0. The molecule has 0 aliphatic carbocycles. The van der Waals surface area contributed by atoms with Crippen molar-refractivity contribution in [2.75, 3.05) is 18.0 Å². The van der Waals surface area contributed by atoms with Crippen LogP contribution < -0.4 is 9.64 Å². The minimum absolute atomic E-state index is 0.301. The minimum atomic E-state index is -0.301. The highest BCUT2D eigenvalue weighted by Crippen LogP contribution is 2.32. The van der Waals surface area contributed by atoms with Gasteiger partial charge in [0.25, 0.3) is 0 Å². The summed E-state index contributed by atoms with van der Waals surface area (Å²) in [7, 11) is 0. The van der Waals surface area contributed by atoms with Gasteiger partial charge in [-0.25, -0.2) is 4.79 Å². The van der Waals surface area contributed by atoms with Gasteiger partial charge in [-0.2, -0.15) is 0 Å². The van der Waals surface area contributed by atoms with Gasteiger partial charge >= 0.3 is 5.97 Å². The molecule has 0 unspecified atom stereocenters. The third-order valence-corrected chi connectivity index (χ3v) is 4.02. The van der Waals surface area contributed by atoms with Gasteiger partial charge in [-0.3, -0.25) is 0 Å². The average molecular weight is 295 g/mol. The van der Waals surface area contributed by atoms with Gasteiger partial charge in [0, 0.05) is 13.1 Å². The molecule has 2 aromatic rings. The van der Waals surface area contributed by atoms with E-state index in [2.05, 4.69) is 17.0 Å². The number of anilines is 1. The van der Waals surface area contributed by atoms with E-state index >= 15 is 0 Å². The molecule has 2 aromatic carbocycles. The third kappa shape index (κ3) is 3.30. The lowest BCUT2D eigenvalue weighted by Crippen LogP contribution is -2.30. The Balaban J connectivity index is 1.85. The second-order valence-corrected chi connectivity index (χ2v) is 5.77. The van der Waals surface area contributed by atoms with Crippen molar-refractivity contribution in [3.63, 3.8) is 0 Å². The predicted octanol–water partition coefficient (Wildman–Crippen LogP) is 4.20. The summed E-state index contributed by atoms with van der Waals surface area (Å²) in [4.78, 5) is 14.6. The van der Waals surface area contributed by atoms with Crippen LogP contribution in [0.25, 0.3) is 0 Å². The molecule has 0 saturated carbocycles. The van der Waals surface area contributed by atoms with E-state index in [0.717, 1.165) is 24.3 Å². The second kappa shape index (κ2) is 6.65. The van der Waals surface area contributed by atoms with Gasteiger partial charge in [-0.05, 0) is 56.0 Å². The monoisotopic (exact) mass is 295 g/mol. The van der Waals surface area contributed by atoms with Crippen LogP contribution in [0.4, 0.5) is 5.69 Å². The topological polar surface area (TPSA) is 29.5 Å². The van der Waals surface area contributed by atoms with Crippen molar-refractivity contribution in [3.05, 3.63) is 59.7 Å². The molecule has 3 heteroatoms. The van der Waals surface area contributed by atoms with Crippen molar-refractivity contribution >= 4 is 11.7 Å². The maximum Gasteiger partial charge on any atom is 0.343 e. The largest absolute Gasteiger partial charge is 0.421 e. The number of nitrogens with zero attached hydrogens (tertiary/aromatic N) is 1. The number of esters is 1. The highest BCUT2D eigenvalue weighted by atomic mass is 16.5. The minimum Gasteiger partial charge on any atom is -0.421 e. The van der Waals surface area contributed by atoms with E-state index in [1.54, 1.807) is 12.1 Å². The predicted molar refractivity (Wildman–Crippen MR) is 88.6 cm³/mol. The standard InChI is InChI=1S/C19H21NO2/c1-15-10-11-17(20-12-6-3-7-13-20)18(14-15)22-19(21)16-8-4-2-5-9-16/h2,4-5,8-11,14H,3,6-7,12-13H2,1H3. The normalized spacial score (nSPS) is 14.7. The van der Waals surface area contributed by atoms with E-state index in [1.807, 2.05) is 31.2 Å². The summed E-state index contributed by atoms with van der Waals surface area (Å²) in [5.41, 5.74) is 2.69. The lowest BCUT2D eigenvalue weighted by atomic mass is 10.1. The van der Waals surface area contributed by atoms with Crippen LogP contribution in [0.3, 0.4) is 0 Å². The molecule has 0 radical (unpaired) electrons. The van der Waals surface area contributed by atoms with E-state index in [0.29, 0.717) is 11.3 Å². The van der Waals surface area contributed by atoms with Gasteiger partial charge in [0.2, 0.25) is 0 Å². The lowest BCUT2D eigenvalue weighted by molar-refractivity contribution is 0.0735. The summed E-state index contributed by atoms with van der Waals surface area (Å²) in [6.45, 7) is 4.07. The molecular formula is C19H21NO2. The summed E-state index contributed by atoms with van der Waals surface area (Å²) in [6, 6.07) is 15.2. The first kappa shape index (κ1) is 14.6. The summed E-state index contributed by atoms with van der Waals surface area (Å²) < 4.78 is 5.69. The maximum absolute atomic E-state index is 12.3.